The molecule has 1 atom stereocenters. The van der Waals surface area contributed by atoms with Crippen LogP contribution in [0.5, 0.6) is 5.75 Å². The van der Waals surface area contributed by atoms with Gasteiger partial charge in [-0.05, 0) is 73.0 Å². The average molecular weight is 471 g/mol. The lowest BCUT2D eigenvalue weighted by Crippen LogP contribution is -2.41. The third kappa shape index (κ3) is 6.74. The number of methoxy groups -OCH3 is 1. The Kier molecular flexibility index (Phi) is 8.64. The zero-order valence-electron chi connectivity index (χ0n) is 22.0. The van der Waals surface area contributed by atoms with Crippen molar-refractivity contribution in [1.82, 2.24) is 10.2 Å². The van der Waals surface area contributed by atoms with Crippen molar-refractivity contribution in [2.75, 3.05) is 33.3 Å². The summed E-state index contributed by atoms with van der Waals surface area (Å²) in [7, 11) is 1.78. The number of benzene rings is 3. The van der Waals surface area contributed by atoms with E-state index in [4.69, 9.17) is 4.74 Å². The van der Waals surface area contributed by atoms with Gasteiger partial charge in [0.25, 0.3) is 0 Å². The number of hydrogen-bond acceptors (Lipinski definition) is 3. The number of hydrogen-bond donors (Lipinski definition) is 1. The number of rotatable bonds is 9. The van der Waals surface area contributed by atoms with Crippen molar-refractivity contribution in [2.24, 2.45) is 0 Å². The van der Waals surface area contributed by atoms with E-state index in [1.807, 2.05) is 0 Å². The molecule has 1 fully saturated rings. The van der Waals surface area contributed by atoms with Crippen LogP contribution in [-0.2, 0) is 11.8 Å². The quantitative estimate of drug-likeness (QED) is 0.350. The summed E-state index contributed by atoms with van der Waals surface area (Å²) in [6.45, 7) is 10.9. The van der Waals surface area contributed by atoms with E-state index in [-0.39, 0.29) is 5.41 Å². The van der Waals surface area contributed by atoms with Gasteiger partial charge in [0, 0.05) is 12.1 Å². The summed E-state index contributed by atoms with van der Waals surface area (Å²) >= 11 is 0. The van der Waals surface area contributed by atoms with Crippen LogP contribution in [0.2, 0.25) is 0 Å². The molecule has 3 nitrogen and oxygen atoms in total. The predicted octanol–water partition coefficient (Wildman–Crippen LogP) is 6.75. The zero-order valence-corrected chi connectivity index (χ0v) is 22.0. The van der Waals surface area contributed by atoms with Gasteiger partial charge in [-0.25, -0.2) is 0 Å². The summed E-state index contributed by atoms with van der Waals surface area (Å²) < 4.78 is 5.77. The summed E-state index contributed by atoms with van der Waals surface area (Å²) in [5.41, 5.74) is 5.76. The van der Waals surface area contributed by atoms with Crippen LogP contribution in [0, 0.1) is 0 Å². The molecule has 3 aromatic carbocycles. The number of likely N-dealkylation sites (tertiary alicyclic amines) is 1. The highest BCUT2D eigenvalue weighted by Gasteiger charge is 2.28. The van der Waals surface area contributed by atoms with Gasteiger partial charge in [0.05, 0.1) is 13.2 Å². The van der Waals surface area contributed by atoms with Crippen molar-refractivity contribution in [3.05, 3.63) is 101 Å². The molecule has 4 rings (SSSR count). The van der Waals surface area contributed by atoms with Crippen molar-refractivity contribution in [1.29, 1.82) is 0 Å². The van der Waals surface area contributed by atoms with Crippen LogP contribution in [0.15, 0.2) is 78.9 Å². The number of nitrogens with one attached hydrogen (secondary N) is 1. The van der Waals surface area contributed by atoms with E-state index < -0.39 is 0 Å². The lowest BCUT2D eigenvalue weighted by molar-refractivity contribution is 0.147. The van der Waals surface area contributed by atoms with Gasteiger partial charge in [0.2, 0.25) is 0 Å². The van der Waals surface area contributed by atoms with Crippen LogP contribution in [0.1, 0.15) is 67.8 Å². The predicted molar refractivity (Wildman–Crippen MR) is 147 cm³/mol. The fraction of sp³-hybridized carbons (Fsp3) is 0.438. The molecule has 0 bridgehead atoms. The van der Waals surface area contributed by atoms with Crippen molar-refractivity contribution in [3.8, 4) is 5.75 Å². The van der Waals surface area contributed by atoms with E-state index in [0.717, 1.165) is 38.3 Å². The Bertz CT molecular complexity index is 1030. The van der Waals surface area contributed by atoms with Crippen LogP contribution in [0.4, 0.5) is 0 Å². The Hall–Kier alpha value is -2.62. The molecule has 0 radical (unpaired) electrons. The van der Waals surface area contributed by atoms with E-state index in [2.05, 4.69) is 110 Å². The van der Waals surface area contributed by atoms with Crippen molar-refractivity contribution < 1.29 is 4.74 Å². The van der Waals surface area contributed by atoms with Gasteiger partial charge >= 0.3 is 0 Å². The standard InChI is InChI=1S/C32H42N2O/c1-32(2,3)28-16-14-25(15-17-28)18-21-33-24-30(29-12-8-9-13-31(29)35-4)34-22-19-27(20-23-34)26-10-6-5-7-11-26/h5-17,27,30,33H,18-24H2,1-4H3. The van der Waals surface area contributed by atoms with E-state index in [1.165, 1.54) is 35.1 Å². The van der Waals surface area contributed by atoms with Crippen LogP contribution in [-0.4, -0.2) is 38.2 Å². The molecule has 1 saturated heterocycles. The minimum Gasteiger partial charge on any atom is -0.496 e. The largest absolute Gasteiger partial charge is 0.496 e. The van der Waals surface area contributed by atoms with Crippen molar-refractivity contribution in [3.63, 3.8) is 0 Å². The smallest absolute Gasteiger partial charge is 0.123 e. The molecule has 1 aliphatic heterocycles. The topological polar surface area (TPSA) is 24.5 Å². The molecular formula is C32H42N2O. The first-order valence-electron chi connectivity index (χ1n) is 13.2. The lowest BCUT2D eigenvalue weighted by Gasteiger charge is -2.38. The first-order chi connectivity index (χ1) is 17.0. The summed E-state index contributed by atoms with van der Waals surface area (Å²) in [5.74, 6) is 1.65. The van der Waals surface area contributed by atoms with Crippen molar-refractivity contribution >= 4 is 0 Å². The highest BCUT2D eigenvalue weighted by atomic mass is 16.5. The normalized spacial score (nSPS) is 16.2. The molecule has 1 aliphatic rings. The van der Waals surface area contributed by atoms with Crippen LogP contribution < -0.4 is 10.1 Å². The molecule has 1 N–H and O–H groups in total. The van der Waals surface area contributed by atoms with E-state index >= 15 is 0 Å². The molecule has 0 saturated carbocycles. The number of ether oxygens (including phenoxy) is 1. The summed E-state index contributed by atoms with van der Waals surface area (Å²) in [6, 6.07) is 29.0. The summed E-state index contributed by atoms with van der Waals surface area (Å²) in [6.07, 6.45) is 3.45. The Balaban J connectivity index is 1.38. The SMILES string of the molecule is COc1ccccc1C(CNCCc1ccc(C(C)(C)C)cc1)N1CCC(c2ccccc2)CC1. The molecule has 186 valence electrons. The molecule has 35 heavy (non-hydrogen) atoms. The minimum absolute atomic E-state index is 0.201. The Morgan fingerprint density at radius 1 is 0.886 bits per heavy atom. The Labute approximate surface area is 212 Å². The van der Waals surface area contributed by atoms with Gasteiger partial charge in [-0.2, -0.15) is 0 Å². The fourth-order valence-corrected chi connectivity index (χ4v) is 5.29. The van der Waals surface area contributed by atoms with Gasteiger partial charge in [-0.3, -0.25) is 4.90 Å². The van der Waals surface area contributed by atoms with Gasteiger partial charge in [0.15, 0.2) is 0 Å². The molecule has 0 aromatic heterocycles. The molecule has 0 spiro atoms. The summed E-state index contributed by atoms with van der Waals surface area (Å²) in [5, 5.41) is 3.77. The second kappa shape index (κ2) is 11.9. The molecule has 1 heterocycles. The Morgan fingerprint density at radius 2 is 1.54 bits per heavy atom. The van der Waals surface area contributed by atoms with Gasteiger partial charge < -0.3 is 10.1 Å². The second-order valence-electron chi connectivity index (χ2n) is 10.9. The molecular weight excluding hydrogens is 428 g/mol. The molecule has 3 aromatic rings. The number of para-hydroxylation sites is 1. The first kappa shape index (κ1) is 25.5. The van der Waals surface area contributed by atoms with E-state index in [1.54, 1.807) is 7.11 Å². The minimum atomic E-state index is 0.201. The monoisotopic (exact) mass is 470 g/mol. The maximum absolute atomic E-state index is 5.77. The maximum atomic E-state index is 5.77. The Morgan fingerprint density at radius 3 is 2.20 bits per heavy atom. The van der Waals surface area contributed by atoms with Crippen LogP contribution >= 0.6 is 0 Å². The number of piperidine rings is 1. The third-order valence-corrected chi connectivity index (χ3v) is 7.49. The number of nitrogens with zero attached hydrogens (tertiary/aromatic N) is 1. The summed E-state index contributed by atoms with van der Waals surface area (Å²) in [4.78, 5) is 2.66. The molecule has 1 unspecified atom stereocenters. The van der Waals surface area contributed by atoms with E-state index in [9.17, 15) is 0 Å². The maximum Gasteiger partial charge on any atom is 0.123 e. The van der Waals surface area contributed by atoms with E-state index in [0.29, 0.717) is 12.0 Å². The highest BCUT2D eigenvalue weighted by Crippen LogP contribution is 2.35. The molecule has 0 amide bonds. The van der Waals surface area contributed by atoms with Gasteiger partial charge in [0.1, 0.15) is 5.75 Å². The van der Waals surface area contributed by atoms with Gasteiger partial charge in [-0.1, -0.05) is 93.6 Å². The zero-order chi connectivity index (χ0) is 24.7. The lowest BCUT2D eigenvalue weighted by atomic mass is 9.86. The first-order valence-corrected chi connectivity index (χ1v) is 13.2. The average Bonchev–Trinajstić information content (AvgIpc) is 2.89. The van der Waals surface area contributed by atoms with Crippen LogP contribution in [0.3, 0.4) is 0 Å². The van der Waals surface area contributed by atoms with Gasteiger partial charge in [-0.15, -0.1) is 0 Å². The van der Waals surface area contributed by atoms with Crippen LogP contribution in [0.25, 0.3) is 0 Å². The fourth-order valence-electron chi connectivity index (χ4n) is 5.29. The molecule has 3 heteroatoms. The molecule has 0 aliphatic carbocycles. The van der Waals surface area contributed by atoms with Crippen molar-refractivity contribution in [2.45, 2.75) is 57.4 Å². The third-order valence-electron chi connectivity index (χ3n) is 7.49. The second-order valence-corrected chi connectivity index (χ2v) is 10.9. The highest BCUT2D eigenvalue weighted by molar-refractivity contribution is 5.36.